The van der Waals surface area contributed by atoms with Crippen molar-refractivity contribution in [3.63, 3.8) is 0 Å². The number of piperazine rings is 1. The van der Waals surface area contributed by atoms with Crippen LogP contribution in [0.1, 0.15) is 27.7 Å². The lowest BCUT2D eigenvalue weighted by Gasteiger charge is -2.39. The molecule has 1 atom stereocenters. The van der Waals surface area contributed by atoms with E-state index in [1.807, 2.05) is 78.9 Å². The molecule has 204 valence electrons. The third-order valence-corrected chi connectivity index (χ3v) is 7.37. The van der Waals surface area contributed by atoms with Gasteiger partial charge in [0.15, 0.2) is 0 Å². The molecule has 0 spiro atoms. The van der Waals surface area contributed by atoms with Crippen LogP contribution in [0.5, 0.6) is 0 Å². The molecule has 0 bridgehead atoms. The summed E-state index contributed by atoms with van der Waals surface area (Å²) in [4.78, 5) is 37.2. The van der Waals surface area contributed by atoms with Gasteiger partial charge in [-0.05, 0) is 48.0 Å². The summed E-state index contributed by atoms with van der Waals surface area (Å²) in [5.41, 5.74) is 17.0. The fourth-order valence-electron chi connectivity index (χ4n) is 5.05. The summed E-state index contributed by atoms with van der Waals surface area (Å²) < 4.78 is 0. The molecule has 8 nitrogen and oxygen atoms in total. The highest BCUT2D eigenvalue weighted by atomic mass is 16.2. The van der Waals surface area contributed by atoms with Gasteiger partial charge in [0.1, 0.15) is 6.04 Å². The van der Waals surface area contributed by atoms with Crippen molar-refractivity contribution in [2.24, 2.45) is 5.73 Å². The molecular weight excluding hydrogens is 500 g/mol. The van der Waals surface area contributed by atoms with Crippen LogP contribution in [0.25, 0.3) is 11.1 Å². The molecule has 1 fully saturated rings. The standard InChI is InChI=1S/C32H34N6O2/c1-36-16-18-37(19-17-36)30(28-15-13-26(21-35-28)31(34)39)32(40)38(22-23-8-4-2-5-9-23)29-20-25(12-14-27(29)33)24-10-6-3-7-11-24/h2-15,20-21,30H,16-19,22,33H2,1H3,(H2,34,39). The number of likely N-dealkylation sites (N-methyl/N-ethyl adjacent to an activating group) is 1. The second-order valence-corrected chi connectivity index (χ2v) is 10.1. The molecule has 8 heteroatoms. The smallest absolute Gasteiger partial charge is 0.250 e. The third-order valence-electron chi connectivity index (χ3n) is 7.37. The van der Waals surface area contributed by atoms with Crippen molar-refractivity contribution in [1.82, 2.24) is 14.8 Å². The van der Waals surface area contributed by atoms with Crippen molar-refractivity contribution in [2.45, 2.75) is 12.6 Å². The van der Waals surface area contributed by atoms with Crippen LogP contribution in [-0.2, 0) is 11.3 Å². The molecular formula is C32H34N6O2. The van der Waals surface area contributed by atoms with Crippen molar-refractivity contribution in [2.75, 3.05) is 43.9 Å². The van der Waals surface area contributed by atoms with Gasteiger partial charge in [-0.3, -0.25) is 19.5 Å². The van der Waals surface area contributed by atoms with Gasteiger partial charge in [-0.25, -0.2) is 0 Å². The van der Waals surface area contributed by atoms with Crippen molar-refractivity contribution < 1.29 is 9.59 Å². The van der Waals surface area contributed by atoms with E-state index in [9.17, 15) is 9.59 Å². The predicted octanol–water partition coefficient (Wildman–Crippen LogP) is 3.95. The number of primary amides is 1. The molecule has 1 saturated heterocycles. The molecule has 1 aromatic heterocycles. The SMILES string of the molecule is CN1CCN(C(C(=O)N(Cc2ccccc2)c2cc(-c3ccccc3)ccc2N)c2ccc(C(N)=O)cn2)CC1. The molecule has 0 radical (unpaired) electrons. The van der Waals surface area contributed by atoms with Gasteiger partial charge >= 0.3 is 0 Å². The minimum Gasteiger partial charge on any atom is -0.397 e. The second-order valence-electron chi connectivity index (χ2n) is 10.1. The third kappa shape index (κ3) is 6.03. The van der Waals surface area contributed by atoms with Gasteiger partial charge in [0.05, 0.1) is 29.2 Å². The Balaban J connectivity index is 1.60. The van der Waals surface area contributed by atoms with Gasteiger partial charge in [0.2, 0.25) is 5.91 Å². The van der Waals surface area contributed by atoms with Gasteiger partial charge in [0, 0.05) is 32.4 Å². The predicted molar refractivity (Wildman–Crippen MR) is 158 cm³/mol. The summed E-state index contributed by atoms with van der Waals surface area (Å²) in [5, 5.41) is 0. The second kappa shape index (κ2) is 12.1. The highest BCUT2D eigenvalue weighted by molar-refractivity contribution is 6.01. The highest BCUT2D eigenvalue weighted by Crippen LogP contribution is 2.34. The Kier molecular flexibility index (Phi) is 8.19. The number of nitrogens with zero attached hydrogens (tertiary/aromatic N) is 4. The molecule has 1 aliphatic rings. The van der Waals surface area contributed by atoms with Crippen LogP contribution in [-0.4, -0.2) is 59.8 Å². The Labute approximate surface area is 234 Å². The van der Waals surface area contributed by atoms with E-state index in [1.54, 1.807) is 17.0 Å². The topological polar surface area (TPSA) is 109 Å². The minimum atomic E-state index is -0.667. The van der Waals surface area contributed by atoms with Crippen LogP contribution in [0.15, 0.2) is 97.2 Å². The van der Waals surface area contributed by atoms with E-state index in [4.69, 9.17) is 11.5 Å². The molecule has 3 aromatic carbocycles. The van der Waals surface area contributed by atoms with Crippen molar-refractivity contribution in [1.29, 1.82) is 0 Å². The highest BCUT2D eigenvalue weighted by Gasteiger charge is 2.35. The molecule has 0 saturated carbocycles. The van der Waals surface area contributed by atoms with Gasteiger partial charge in [-0.2, -0.15) is 0 Å². The Morgan fingerprint density at radius 1 is 0.875 bits per heavy atom. The van der Waals surface area contributed by atoms with Crippen LogP contribution >= 0.6 is 0 Å². The van der Waals surface area contributed by atoms with Crippen LogP contribution < -0.4 is 16.4 Å². The zero-order valence-corrected chi connectivity index (χ0v) is 22.6. The maximum atomic E-state index is 14.7. The molecule has 4 N–H and O–H groups in total. The monoisotopic (exact) mass is 534 g/mol. The number of rotatable bonds is 8. The number of pyridine rings is 1. The van der Waals surface area contributed by atoms with Gasteiger partial charge < -0.3 is 21.3 Å². The first-order chi connectivity index (χ1) is 19.4. The molecule has 5 rings (SSSR count). The van der Waals surface area contributed by atoms with E-state index in [2.05, 4.69) is 21.8 Å². The number of amides is 2. The summed E-state index contributed by atoms with van der Waals surface area (Å²) in [6, 6.07) is 28.4. The first kappa shape index (κ1) is 27.1. The number of hydrogen-bond donors (Lipinski definition) is 2. The van der Waals surface area contributed by atoms with Crippen LogP contribution in [0.4, 0.5) is 11.4 Å². The molecule has 1 unspecified atom stereocenters. The van der Waals surface area contributed by atoms with Crippen molar-refractivity contribution in [3.8, 4) is 11.1 Å². The maximum absolute atomic E-state index is 14.7. The number of nitrogen functional groups attached to an aromatic ring is 1. The largest absolute Gasteiger partial charge is 0.397 e. The Bertz CT molecular complexity index is 1450. The number of benzene rings is 3. The molecule has 4 aromatic rings. The van der Waals surface area contributed by atoms with Gasteiger partial charge in [0.25, 0.3) is 5.91 Å². The molecule has 2 amide bonds. The van der Waals surface area contributed by atoms with Crippen LogP contribution in [0, 0.1) is 0 Å². The molecule has 40 heavy (non-hydrogen) atoms. The number of carbonyl (C=O) groups excluding carboxylic acids is 2. The number of nitrogens with two attached hydrogens (primary N) is 2. The summed E-state index contributed by atoms with van der Waals surface area (Å²) >= 11 is 0. The normalized spacial score (nSPS) is 14.9. The first-order valence-corrected chi connectivity index (χ1v) is 13.4. The van der Waals surface area contributed by atoms with E-state index < -0.39 is 11.9 Å². The van der Waals surface area contributed by atoms with Crippen LogP contribution in [0.3, 0.4) is 0 Å². The van der Waals surface area contributed by atoms with E-state index in [0.717, 1.165) is 29.8 Å². The zero-order chi connectivity index (χ0) is 28.1. The Hall–Kier alpha value is -4.53. The zero-order valence-electron chi connectivity index (χ0n) is 22.6. The fraction of sp³-hybridized carbons (Fsp3) is 0.219. The minimum absolute atomic E-state index is 0.135. The lowest BCUT2D eigenvalue weighted by molar-refractivity contribution is -0.125. The molecule has 0 aliphatic carbocycles. The van der Waals surface area contributed by atoms with Gasteiger partial charge in [-0.1, -0.05) is 66.7 Å². The van der Waals surface area contributed by atoms with E-state index in [-0.39, 0.29) is 5.91 Å². The van der Waals surface area contributed by atoms with E-state index >= 15 is 0 Å². The average molecular weight is 535 g/mol. The number of carbonyl (C=O) groups is 2. The Morgan fingerprint density at radius 2 is 1.55 bits per heavy atom. The van der Waals surface area contributed by atoms with Gasteiger partial charge in [-0.15, -0.1) is 0 Å². The lowest BCUT2D eigenvalue weighted by Crippen LogP contribution is -2.51. The summed E-state index contributed by atoms with van der Waals surface area (Å²) in [6.45, 7) is 3.39. The Morgan fingerprint density at radius 3 is 2.17 bits per heavy atom. The lowest BCUT2D eigenvalue weighted by atomic mass is 10.0. The van der Waals surface area contributed by atoms with E-state index in [1.165, 1.54) is 6.20 Å². The van der Waals surface area contributed by atoms with Crippen LogP contribution in [0.2, 0.25) is 0 Å². The number of anilines is 2. The average Bonchev–Trinajstić information content (AvgIpc) is 2.98. The van der Waals surface area contributed by atoms with Crippen molar-refractivity contribution >= 4 is 23.2 Å². The fourth-order valence-corrected chi connectivity index (χ4v) is 5.05. The summed E-state index contributed by atoms with van der Waals surface area (Å²) in [5.74, 6) is -0.692. The first-order valence-electron chi connectivity index (χ1n) is 13.4. The molecule has 2 heterocycles. The summed E-state index contributed by atoms with van der Waals surface area (Å²) in [7, 11) is 2.07. The van der Waals surface area contributed by atoms with E-state index in [0.29, 0.717) is 42.3 Å². The maximum Gasteiger partial charge on any atom is 0.250 e. The molecule has 1 aliphatic heterocycles. The van der Waals surface area contributed by atoms with Crippen molar-refractivity contribution in [3.05, 3.63) is 114 Å². The summed E-state index contributed by atoms with van der Waals surface area (Å²) in [6.07, 6.45) is 1.44. The number of aromatic nitrogens is 1. The quantitative estimate of drug-likeness (QED) is 0.332. The number of hydrogen-bond acceptors (Lipinski definition) is 6.